The Bertz CT molecular complexity index is 658. The van der Waals surface area contributed by atoms with Crippen molar-refractivity contribution in [2.45, 2.75) is 101 Å². The van der Waals surface area contributed by atoms with E-state index in [0.29, 0.717) is 19.3 Å². The van der Waals surface area contributed by atoms with Crippen molar-refractivity contribution in [2.75, 3.05) is 0 Å². The fraction of sp³-hybridized carbons (Fsp3) is 0.680. The molecular formula is C25H37ClO4. The summed E-state index contributed by atoms with van der Waals surface area (Å²) < 4.78 is 0. The number of alkyl halides is 1. The van der Waals surface area contributed by atoms with E-state index in [1.165, 1.54) is 6.42 Å². The Morgan fingerprint density at radius 2 is 1.60 bits per heavy atom. The smallest absolute Gasteiger partial charge is 0.303 e. The van der Waals surface area contributed by atoms with Crippen LogP contribution in [0.5, 0.6) is 0 Å². The number of benzene rings is 1. The molecule has 0 aliphatic heterocycles. The summed E-state index contributed by atoms with van der Waals surface area (Å²) in [4.78, 5) is 23.0. The van der Waals surface area contributed by atoms with E-state index in [-0.39, 0.29) is 29.4 Å². The van der Waals surface area contributed by atoms with E-state index in [1.54, 1.807) is 0 Å². The van der Waals surface area contributed by atoms with Gasteiger partial charge in [0, 0.05) is 29.7 Å². The molecule has 2 unspecified atom stereocenters. The van der Waals surface area contributed by atoms with E-state index >= 15 is 0 Å². The van der Waals surface area contributed by atoms with E-state index in [1.807, 2.05) is 24.3 Å². The van der Waals surface area contributed by atoms with Crippen LogP contribution in [-0.4, -0.2) is 33.4 Å². The number of hydrogen-bond acceptors (Lipinski definition) is 3. The van der Waals surface area contributed by atoms with Crippen LogP contribution >= 0.6 is 11.6 Å². The highest BCUT2D eigenvalue weighted by atomic mass is 35.5. The van der Waals surface area contributed by atoms with Gasteiger partial charge in [0.25, 0.3) is 0 Å². The van der Waals surface area contributed by atoms with Gasteiger partial charge in [-0.1, -0.05) is 69.7 Å². The molecule has 168 valence electrons. The molecule has 4 atom stereocenters. The first kappa shape index (κ1) is 24.9. The molecule has 5 heteroatoms. The molecule has 1 aliphatic rings. The second-order valence-electron chi connectivity index (χ2n) is 8.71. The molecule has 1 aromatic carbocycles. The average Bonchev–Trinajstić information content (AvgIpc) is 3.00. The first-order valence-electron chi connectivity index (χ1n) is 11.6. The number of carbonyl (C=O) groups excluding carboxylic acids is 1. The van der Waals surface area contributed by atoms with Gasteiger partial charge >= 0.3 is 5.97 Å². The molecule has 0 heterocycles. The zero-order valence-electron chi connectivity index (χ0n) is 18.2. The van der Waals surface area contributed by atoms with Gasteiger partial charge in [-0.2, -0.15) is 0 Å². The maximum atomic E-state index is 12.4. The van der Waals surface area contributed by atoms with Crippen LogP contribution < -0.4 is 0 Å². The molecule has 0 amide bonds. The monoisotopic (exact) mass is 436 g/mol. The van der Waals surface area contributed by atoms with E-state index in [2.05, 4.69) is 6.92 Å². The Morgan fingerprint density at radius 3 is 2.27 bits per heavy atom. The molecule has 0 bridgehead atoms. The minimum Gasteiger partial charge on any atom is -0.481 e. The van der Waals surface area contributed by atoms with Crippen molar-refractivity contribution in [3.8, 4) is 0 Å². The van der Waals surface area contributed by atoms with Crippen LogP contribution in [0.1, 0.15) is 106 Å². The van der Waals surface area contributed by atoms with Crippen LogP contribution in [0.3, 0.4) is 0 Å². The zero-order chi connectivity index (χ0) is 21.9. The van der Waals surface area contributed by atoms with Crippen molar-refractivity contribution in [3.05, 3.63) is 35.4 Å². The number of unbranched alkanes of at least 4 members (excludes halogenated alkanes) is 6. The molecule has 0 saturated heterocycles. The van der Waals surface area contributed by atoms with Crippen molar-refractivity contribution < 1.29 is 19.8 Å². The van der Waals surface area contributed by atoms with Crippen molar-refractivity contribution in [1.82, 2.24) is 0 Å². The first-order valence-corrected chi connectivity index (χ1v) is 12.0. The van der Waals surface area contributed by atoms with Crippen LogP contribution in [-0.2, 0) is 4.79 Å². The average molecular weight is 437 g/mol. The molecular weight excluding hydrogens is 400 g/mol. The van der Waals surface area contributed by atoms with Gasteiger partial charge in [-0.3, -0.25) is 9.59 Å². The second-order valence-corrected chi connectivity index (χ2v) is 9.27. The standard InChI is InChI=1S/C25H37ClO4/c1-2-3-4-8-11-22(27)18-13-15-19(16-14-18)25-20(21(26)17-23(25)28)10-7-5-6-9-12-24(29)30/h13-16,20-21,23,25,28H,2-12,17H2,1H3,(H,29,30)/t20?,21-,23-,25?/m1/s1. The quantitative estimate of drug-likeness (QED) is 0.203. The second kappa shape index (κ2) is 13.1. The molecule has 1 aromatic rings. The maximum absolute atomic E-state index is 12.4. The van der Waals surface area contributed by atoms with Gasteiger partial charge in [-0.25, -0.2) is 0 Å². The Balaban J connectivity index is 1.89. The largest absolute Gasteiger partial charge is 0.481 e. The summed E-state index contributed by atoms with van der Waals surface area (Å²) in [6, 6.07) is 7.77. The highest BCUT2D eigenvalue weighted by Crippen LogP contribution is 2.45. The zero-order valence-corrected chi connectivity index (χ0v) is 18.9. The van der Waals surface area contributed by atoms with Crippen molar-refractivity contribution in [2.24, 2.45) is 5.92 Å². The fourth-order valence-electron chi connectivity index (χ4n) is 4.65. The topological polar surface area (TPSA) is 74.6 Å². The summed E-state index contributed by atoms with van der Waals surface area (Å²) in [7, 11) is 0. The van der Waals surface area contributed by atoms with Crippen molar-refractivity contribution in [3.63, 3.8) is 0 Å². The number of carboxylic acids is 1. The lowest BCUT2D eigenvalue weighted by Crippen LogP contribution is -2.19. The summed E-state index contributed by atoms with van der Waals surface area (Å²) in [6.07, 6.45) is 9.87. The molecule has 1 fully saturated rings. The highest BCUT2D eigenvalue weighted by Gasteiger charge is 2.41. The third-order valence-electron chi connectivity index (χ3n) is 6.36. The Kier molecular flexibility index (Phi) is 10.9. The predicted octanol–water partition coefficient (Wildman–Crippen LogP) is 6.34. The summed E-state index contributed by atoms with van der Waals surface area (Å²) in [5, 5.41) is 19.3. The fourth-order valence-corrected chi connectivity index (χ4v) is 5.12. The third kappa shape index (κ3) is 7.70. The number of hydrogen-bond donors (Lipinski definition) is 2. The van der Waals surface area contributed by atoms with Crippen molar-refractivity contribution in [1.29, 1.82) is 0 Å². The third-order valence-corrected chi connectivity index (χ3v) is 6.86. The lowest BCUT2D eigenvalue weighted by molar-refractivity contribution is -0.137. The predicted molar refractivity (Wildman–Crippen MR) is 121 cm³/mol. The van der Waals surface area contributed by atoms with Crippen LogP contribution in [0.2, 0.25) is 0 Å². The lowest BCUT2D eigenvalue weighted by atomic mass is 9.83. The molecule has 2 rings (SSSR count). The maximum Gasteiger partial charge on any atom is 0.303 e. The van der Waals surface area contributed by atoms with E-state index in [0.717, 1.165) is 56.1 Å². The Morgan fingerprint density at radius 1 is 0.967 bits per heavy atom. The minimum absolute atomic E-state index is 0.000209. The molecule has 1 aliphatic carbocycles. The summed E-state index contributed by atoms with van der Waals surface area (Å²) in [5.74, 6) is -0.340. The van der Waals surface area contributed by atoms with Crippen LogP contribution in [0.25, 0.3) is 0 Å². The number of Topliss-reactive ketones (excluding diaryl/α,β-unsaturated/α-hetero) is 1. The lowest BCUT2D eigenvalue weighted by Gasteiger charge is -2.24. The van der Waals surface area contributed by atoms with Crippen LogP contribution in [0, 0.1) is 5.92 Å². The number of carbonyl (C=O) groups is 2. The summed E-state index contributed by atoms with van der Waals surface area (Å²) in [6.45, 7) is 2.16. The number of rotatable bonds is 14. The molecule has 0 radical (unpaired) electrons. The van der Waals surface area contributed by atoms with E-state index in [9.17, 15) is 14.7 Å². The number of halogens is 1. The summed E-state index contributed by atoms with van der Waals surface area (Å²) >= 11 is 6.57. The Labute approximate surface area is 186 Å². The number of aliphatic hydroxyl groups excluding tert-OH is 1. The molecule has 1 saturated carbocycles. The number of ketones is 1. The van der Waals surface area contributed by atoms with Gasteiger partial charge in [0.2, 0.25) is 0 Å². The molecule has 2 N–H and O–H groups in total. The SMILES string of the molecule is CCCCCCC(=O)c1ccc(C2C(CCCCCCC(=O)O)[C@H](Cl)C[C@H]2O)cc1. The minimum atomic E-state index is -0.738. The van der Waals surface area contributed by atoms with Gasteiger partial charge in [0.1, 0.15) is 0 Å². The first-order chi connectivity index (χ1) is 14.4. The van der Waals surface area contributed by atoms with Gasteiger partial charge in [-0.05, 0) is 37.2 Å². The highest BCUT2D eigenvalue weighted by molar-refractivity contribution is 6.21. The normalized spacial score (nSPS) is 23.6. The van der Waals surface area contributed by atoms with Crippen LogP contribution in [0.15, 0.2) is 24.3 Å². The molecule has 0 spiro atoms. The number of aliphatic hydroxyl groups is 1. The van der Waals surface area contributed by atoms with Gasteiger partial charge in [-0.15, -0.1) is 11.6 Å². The molecule has 0 aromatic heterocycles. The van der Waals surface area contributed by atoms with Gasteiger partial charge < -0.3 is 10.2 Å². The van der Waals surface area contributed by atoms with E-state index in [4.69, 9.17) is 16.7 Å². The van der Waals surface area contributed by atoms with Crippen molar-refractivity contribution >= 4 is 23.4 Å². The van der Waals surface area contributed by atoms with Gasteiger partial charge in [0.15, 0.2) is 5.78 Å². The van der Waals surface area contributed by atoms with E-state index < -0.39 is 12.1 Å². The number of aliphatic carboxylic acids is 1. The molecule has 4 nitrogen and oxygen atoms in total. The van der Waals surface area contributed by atoms with Gasteiger partial charge in [0.05, 0.1) is 6.10 Å². The molecule has 30 heavy (non-hydrogen) atoms. The Hall–Kier alpha value is -1.39. The number of carboxylic acid groups (broad SMARTS) is 1. The summed E-state index contributed by atoms with van der Waals surface area (Å²) in [5.41, 5.74) is 1.81. The van der Waals surface area contributed by atoms with Crippen LogP contribution in [0.4, 0.5) is 0 Å².